The van der Waals surface area contributed by atoms with Gasteiger partial charge in [0.25, 0.3) is 5.91 Å². The summed E-state index contributed by atoms with van der Waals surface area (Å²) in [7, 11) is 3.10. The molecule has 4 rings (SSSR count). The number of methoxy groups -OCH3 is 2. The number of hydrogen-bond donors (Lipinski definition) is 1. The van der Waals surface area contributed by atoms with Crippen molar-refractivity contribution >= 4 is 11.9 Å². The number of amides is 1. The Hall–Kier alpha value is -3.22. The zero-order chi connectivity index (χ0) is 22.0. The average molecular weight is 425 g/mol. The minimum Gasteiger partial charge on any atom is -0.493 e. The summed E-state index contributed by atoms with van der Waals surface area (Å²) < 4.78 is 22.9. The van der Waals surface area contributed by atoms with Crippen molar-refractivity contribution in [3.05, 3.63) is 41.5 Å². The summed E-state index contributed by atoms with van der Waals surface area (Å²) in [6, 6.07) is 9.31. The lowest BCUT2D eigenvalue weighted by atomic mass is 9.99. The highest BCUT2D eigenvalue weighted by atomic mass is 16.6. The van der Waals surface area contributed by atoms with Crippen LogP contribution in [0.3, 0.4) is 0 Å². The molecule has 0 radical (unpaired) electrons. The lowest BCUT2D eigenvalue weighted by Crippen LogP contribution is -2.32. The van der Waals surface area contributed by atoms with Crippen molar-refractivity contribution in [2.75, 3.05) is 20.8 Å². The second kappa shape index (κ2) is 8.49. The molecule has 1 amide bonds. The molecule has 0 unspecified atom stereocenters. The fourth-order valence-corrected chi connectivity index (χ4v) is 3.72. The number of benzene rings is 2. The standard InChI is InChI=1S/C24H27NO6/c1-4-5-12-30-23(27)24(10-11-24)31-20-17(8-9-19(28-2)21(20)29-3)15-6-7-18-16(13-15)14-25-22(18)26/h6-9,13H,4-5,10-12,14H2,1-3H3,(H,25,26). The Bertz CT molecular complexity index is 1010. The van der Waals surface area contributed by atoms with E-state index in [9.17, 15) is 9.59 Å². The van der Waals surface area contributed by atoms with Crippen LogP contribution in [0.4, 0.5) is 0 Å². The number of esters is 1. The monoisotopic (exact) mass is 425 g/mol. The molecule has 31 heavy (non-hydrogen) atoms. The minimum absolute atomic E-state index is 0.0721. The maximum absolute atomic E-state index is 12.7. The van der Waals surface area contributed by atoms with Crippen molar-refractivity contribution in [2.24, 2.45) is 0 Å². The van der Waals surface area contributed by atoms with E-state index in [4.69, 9.17) is 18.9 Å². The average Bonchev–Trinajstić information content (AvgIpc) is 3.48. The molecule has 1 N–H and O–H groups in total. The smallest absolute Gasteiger partial charge is 0.350 e. The maximum Gasteiger partial charge on any atom is 0.350 e. The molecular weight excluding hydrogens is 398 g/mol. The van der Waals surface area contributed by atoms with E-state index in [1.807, 2.05) is 25.1 Å². The van der Waals surface area contributed by atoms with Gasteiger partial charge in [-0.1, -0.05) is 19.4 Å². The number of fused-ring (bicyclic) bond motifs is 1. The van der Waals surface area contributed by atoms with Crippen LogP contribution in [-0.2, 0) is 16.1 Å². The van der Waals surface area contributed by atoms with E-state index in [1.54, 1.807) is 26.4 Å². The van der Waals surface area contributed by atoms with E-state index in [2.05, 4.69) is 5.32 Å². The van der Waals surface area contributed by atoms with Gasteiger partial charge in [0.2, 0.25) is 11.4 Å². The normalized spacial score (nSPS) is 15.6. The van der Waals surface area contributed by atoms with E-state index >= 15 is 0 Å². The lowest BCUT2D eigenvalue weighted by molar-refractivity contribution is -0.154. The minimum atomic E-state index is -1.00. The van der Waals surface area contributed by atoms with Gasteiger partial charge in [-0.15, -0.1) is 0 Å². The fourth-order valence-electron chi connectivity index (χ4n) is 3.72. The van der Waals surface area contributed by atoms with E-state index < -0.39 is 5.60 Å². The van der Waals surface area contributed by atoms with Gasteiger partial charge in [-0.05, 0) is 41.8 Å². The first kappa shape index (κ1) is 21.0. The summed E-state index contributed by atoms with van der Waals surface area (Å²) in [5.74, 6) is 0.943. The van der Waals surface area contributed by atoms with Crippen LogP contribution in [0.2, 0.25) is 0 Å². The Balaban J connectivity index is 1.72. The highest BCUT2D eigenvalue weighted by Gasteiger charge is 2.55. The van der Waals surface area contributed by atoms with Crippen molar-refractivity contribution in [1.82, 2.24) is 5.32 Å². The Morgan fingerprint density at radius 1 is 1.06 bits per heavy atom. The molecule has 0 aromatic heterocycles. The largest absolute Gasteiger partial charge is 0.493 e. The molecule has 2 aliphatic rings. The molecule has 7 nitrogen and oxygen atoms in total. The first-order valence-corrected chi connectivity index (χ1v) is 10.6. The van der Waals surface area contributed by atoms with E-state index in [0.717, 1.165) is 29.5 Å². The van der Waals surface area contributed by atoms with E-state index in [0.29, 0.717) is 48.8 Å². The van der Waals surface area contributed by atoms with Gasteiger partial charge in [0, 0.05) is 30.5 Å². The van der Waals surface area contributed by atoms with Gasteiger partial charge in [0.05, 0.1) is 20.8 Å². The molecule has 0 saturated heterocycles. The summed E-state index contributed by atoms with van der Waals surface area (Å²) in [6.45, 7) is 2.91. The number of hydrogen-bond acceptors (Lipinski definition) is 6. The van der Waals surface area contributed by atoms with Crippen LogP contribution >= 0.6 is 0 Å². The van der Waals surface area contributed by atoms with Crippen molar-refractivity contribution in [3.8, 4) is 28.4 Å². The molecule has 1 aliphatic heterocycles. The highest BCUT2D eigenvalue weighted by molar-refractivity contribution is 5.99. The van der Waals surface area contributed by atoms with Crippen LogP contribution in [0.25, 0.3) is 11.1 Å². The number of nitrogens with one attached hydrogen (secondary N) is 1. The van der Waals surface area contributed by atoms with Gasteiger partial charge in [-0.3, -0.25) is 4.79 Å². The van der Waals surface area contributed by atoms with Gasteiger partial charge >= 0.3 is 5.97 Å². The topological polar surface area (TPSA) is 83.1 Å². The molecule has 1 fully saturated rings. The first-order chi connectivity index (χ1) is 15.0. The third-order valence-corrected chi connectivity index (χ3v) is 5.70. The number of carbonyl (C=O) groups is 2. The molecular formula is C24H27NO6. The van der Waals surface area contributed by atoms with Crippen molar-refractivity contribution in [2.45, 2.75) is 44.8 Å². The molecule has 0 atom stereocenters. The summed E-state index contributed by atoms with van der Waals surface area (Å²) in [5, 5.41) is 2.83. The van der Waals surface area contributed by atoms with Crippen LogP contribution in [-0.4, -0.2) is 38.3 Å². The number of unbranched alkanes of at least 4 members (excludes halogenated alkanes) is 1. The number of carbonyl (C=O) groups excluding carboxylic acids is 2. The van der Waals surface area contributed by atoms with Crippen LogP contribution in [0.1, 0.15) is 48.5 Å². The summed E-state index contributed by atoms with van der Waals surface area (Å²) >= 11 is 0. The SMILES string of the molecule is CCCCOC(=O)C1(Oc2c(-c3ccc4c(c3)CNC4=O)ccc(OC)c2OC)CC1. The van der Waals surface area contributed by atoms with Crippen molar-refractivity contribution < 1.29 is 28.5 Å². The van der Waals surface area contributed by atoms with Crippen LogP contribution < -0.4 is 19.5 Å². The molecule has 1 aliphatic carbocycles. The second-order valence-electron chi connectivity index (χ2n) is 7.82. The Morgan fingerprint density at radius 3 is 2.52 bits per heavy atom. The highest BCUT2D eigenvalue weighted by Crippen LogP contribution is 2.50. The molecule has 0 spiro atoms. The van der Waals surface area contributed by atoms with E-state index in [1.165, 1.54) is 0 Å². The Labute approximate surface area is 181 Å². The molecule has 1 saturated carbocycles. The summed E-state index contributed by atoms with van der Waals surface area (Å²) in [6.07, 6.45) is 2.93. The molecule has 2 aromatic carbocycles. The van der Waals surface area contributed by atoms with Crippen molar-refractivity contribution in [3.63, 3.8) is 0 Å². The Kier molecular flexibility index (Phi) is 5.76. The number of rotatable bonds is 9. The van der Waals surface area contributed by atoms with Gasteiger partial charge in [-0.2, -0.15) is 0 Å². The lowest BCUT2D eigenvalue weighted by Gasteiger charge is -2.22. The van der Waals surface area contributed by atoms with E-state index in [-0.39, 0.29) is 11.9 Å². The van der Waals surface area contributed by atoms with Crippen LogP contribution in [0, 0.1) is 0 Å². The van der Waals surface area contributed by atoms with Gasteiger partial charge in [0.1, 0.15) is 0 Å². The van der Waals surface area contributed by atoms with Gasteiger partial charge < -0.3 is 24.3 Å². The van der Waals surface area contributed by atoms with Gasteiger partial charge in [-0.25, -0.2) is 4.79 Å². The summed E-state index contributed by atoms with van der Waals surface area (Å²) in [4.78, 5) is 24.7. The fraction of sp³-hybridized carbons (Fsp3) is 0.417. The quantitative estimate of drug-likeness (QED) is 0.485. The predicted molar refractivity (Wildman–Crippen MR) is 115 cm³/mol. The molecule has 0 bridgehead atoms. The third kappa shape index (κ3) is 3.92. The molecule has 164 valence electrons. The number of ether oxygens (including phenoxy) is 4. The zero-order valence-corrected chi connectivity index (χ0v) is 18.1. The van der Waals surface area contributed by atoms with Gasteiger partial charge in [0.15, 0.2) is 11.5 Å². The maximum atomic E-state index is 12.7. The van der Waals surface area contributed by atoms with Crippen molar-refractivity contribution in [1.29, 1.82) is 0 Å². The Morgan fingerprint density at radius 2 is 1.84 bits per heavy atom. The second-order valence-corrected chi connectivity index (χ2v) is 7.82. The molecule has 7 heteroatoms. The third-order valence-electron chi connectivity index (χ3n) is 5.70. The first-order valence-electron chi connectivity index (χ1n) is 10.6. The van der Waals surface area contributed by atoms with Crippen LogP contribution in [0.5, 0.6) is 17.2 Å². The molecule has 1 heterocycles. The summed E-state index contributed by atoms with van der Waals surface area (Å²) in [5.41, 5.74) is 2.21. The van der Waals surface area contributed by atoms with Crippen LogP contribution in [0.15, 0.2) is 30.3 Å². The molecule has 2 aromatic rings. The predicted octanol–water partition coefficient (Wildman–Crippen LogP) is 3.87. The zero-order valence-electron chi connectivity index (χ0n) is 18.1.